The normalized spacial score (nSPS) is 24.6. The molecule has 0 spiro atoms. The van der Waals surface area contributed by atoms with E-state index >= 15 is 0 Å². The first-order valence-corrected chi connectivity index (χ1v) is 6.59. The molecule has 2 aliphatic carbocycles. The van der Waals surface area contributed by atoms with Gasteiger partial charge < -0.3 is 4.55 Å². The van der Waals surface area contributed by atoms with Gasteiger partial charge in [-0.15, -0.1) is 0 Å². The summed E-state index contributed by atoms with van der Waals surface area (Å²) >= 11 is -1.04. The van der Waals surface area contributed by atoms with Gasteiger partial charge in [-0.2, -0.15) is 0 Å². The largest absolute Gasteiger partial charge is 0.591 e. The van der Waals surface area contributed by atoms with Crippen LogP contribution in [0, 0.1) is 11.8 Å². The van der Waals surface area contributed by atoms with Gasteiger partial charge in [0.2, 0.25) is 0 Å². The molecule has 0 saturated heterocycles. The van der Waals surface area contributed by atoms with Crippen LogP contribution >= 0.6 is 0 Å². The first-order valence-electron chi connectivity index (χ1n) is 5.49. The average molecular weight is 213 g/mol. The summed E-state index contributed by atoms with van der Waals surface area (Å²) in [6.45, 7) is 5.97. The van der Waals surface area contributed by atoms with Gasteiger partial charge >= 0.3 is 0 Å². The molecule has 2 nitrogen and oxygen atoms in total. The Bertz CT molecular complexity index is 235. The van der Waals surface area contributed by atoms with Crippen molar-refractivity contribution < 1.29 is 4.55 Å². The van der Waals surface area contributed by atoms with Crippen molar-refractivity contribution in [1.29, 1.82) is 0 Å². The second kappa shape index (κ2) is 3.53. The molecule has 2 rings (SSSR count). The zero-order valence-corrected chi connectivity index (χ0v) is 10.1. The Kier molecular flexibility index (Phi) is 2.64. The highest BCUT2D eigenvalue weighted by Crippen LogP contribution is 2.43. The molecule has 1 atom stereocenters. The number of hydrogen-bond donors (Lipinski definition) is 0. The van der Waals surface area contributed by atoms with Crippen molar-refractivity contribution in [3.8, 4) is 0 Å². The van der Waals surface area contributed by atoms with Crippen LogP contribution in [0.25, 0.3) is 0 Å². The van der Waals surface area contributed by atoms with Crippen LogP contribution < -0.4 is 0 Å². The van der Waals surface area contributed by atoms with Crippen molar-refractivity contribution in [1.82, 2.24) is 0 Å². The maximum absolute atomic E-state index is 11.9. The highest BCUT2D eigenvalue weighted by molar-refractivity contribution is 7.91. The lowest BCUT2D eigenvalue weighted by Gasteiger charge is -2.19. The molecule has 3 heteroatoms. The summed E-state index contributed by atoms with van der Waals surface area (Å²) in [5.41, 5.74) is 1.28. The van der Waals surface area contributed by atoms with Gasteiger partial charge in [-0.3, -0.25) is 0 Å². The maximum atomic E-state index is 11.9. The summed E-state index contributed by atoms with van der Waals surface area (Å²) in [6.07, 6.45) is 5.10. The molecule has 0 aromatic heterocycles. The van der Waals surface area contributed by atoms with Crippen LogP contribution in [-0.2, 0) is 11.4 Å². The summed E-state index contributed by atoms with van der Waals surface area (Å²) in [7, 11) is 0. The van der Waals surface area contributed by atoms with Gasteiger partial charge in [0.05, 0.1) is 5.71 Å². The van der Waals surface area contributed by atoms with E-state index in [0.717, 1.165) is 0 Å². The highest BCUT2D eigenvalue weighted by atomic mass is 32.2. The van der Waals surface area contributed by atoms with E-state index in [1.807, 2.05) is 20.8 Å². The topological polar surface area (TPSA) is 35.4 Å². The minimum atomic E-state index is -1.04. The molecule has 80 valence electrons. The highest BCUT2D eigenvalue weighted by Gasteiger charge is 2.41. The van der Waals surface area contributed by atoms with Crippen molar-refractivity contribution >= 4 is 17.1 Å². The van der Waals surface area contributed by atoms with Crippen molar-refractivity contribution in [3.05, 3.63) is 0 Å². The molecular weight excluding hydrogens is 194 g/mol. The Morgan fingerprint density at radius 1 is 1.14 bits per heavy atom. The smallest absolute Gasteiger partial charge is 0.144 e. The lowest BCUT2D eigenvalue weighted by Crippen LogP contribution is -2.27. The van der Waals surface area contributed by atoms with Crippen molar-refractivity contribution in [3.63, 3.8) is 0 Å². The first-order chi connectivity index (χ1) is 6.48. The summed E-state index contributed by atoms with van der Waals surface area (Å²) in [5, 5.41) is 0. The van der Waals surface area contributed by atoms with Crippen LogP contribution in [0.3, 0.4) is 0 Å². The Hall–Kier alpha value is -0.0200. The predicted molar refractivity (Wildman–Crippen MR) is 60.8 cm³/mol. The van der Waals surface area contributed by atoms with Gasteiger partial charge in [0.15, 0.2) is 0 Å². The van der Waals surface area contributed by atoms with Crippen LogP contribution in [0.15, 0.2) is 4.40 Å². The van der Waals surface area contributed by atoms with Crippen molar-refractivity contribution in [2.75, 3.05) is 0 Å². The summed E-state index contributed by atoms with van der Waals surface area (Å²) < 4.78 is 16.1. The first kappa shape index (κ1) is 10.5. The van der Waals surface area contributed by atoms with E-state index in [4.69, 9.17) is 0 Å². The SMILES string of the molecule is CC(C)(C)[S+]([O-])N=C(C1CC1)C1CC1. The molecular formula is C11H19NOS. The molecule has 2 saturated carbocycles. The molecule has 2 aliphatic rings. The third-order valence-electron chi connectivity index (χ3n) is 2.70. The number of hydrogen-bond acceptors (Lipinski definition) is 2. The fourth-order valence-electron chi connectivity index (χ4n) is 1.47. The molecule has 0 bridgehead atoms. The number of rotatable bonds is 3. The third-order valence-corrected chi connectivity index (χ3v) is 4.13. The van der Waals surface area contributed by atoms with Crippen LogP contribution in [0.4, 0.5) is 0 Å². The lowest BCUT2D eigenvalue weighted by molar-refractivity contribution is 0.561. The van der Waals surface area contributed by atoms with Crippen molar-refractivity contribution in [2.45, 2.75) is 51.2 Å². The van der Waals surface area contributed by atoms with E-state index in [0.29, 0.717) is 11.8 Å². The third kappa shape index (κ3) is 2.51. The monoisotopic (exact) mass is 213 g/mol. The van der Waals surface area contributed by atoms with Crippen LogP contribution in [0.5, 0.6) is 0 Å². The molecule has 0 radical (unpaired) electrons. The molecule has 0 heterocycles. The molecule has 0 aromatic rings. The van der Waals surface area contributed by atoms with E-state index in [2.05, 4.69) is 4.40 Å². The fraction of sp³-hybridized carbons (Fsp3) is 0.909. The van der Waals surface area contributed by atoms with Crippen LogP contribution in [0.1, 0.15) is 46.5 Å². The summed E-state index contributed by atoms with van der Waals surface area (Å²) in [5.74, 6) is 1.38. The minimum Gasteiger partial charge on any atom is -0.591 e. The van der Waals surface area contributed by atoms with Gasteiger partial charge in [-0.05, 0) is 46.5 Å². The molecule has 1 unspecified atom stereocenters. The van der Waals surface area contributed by atoms with Gasteiger partial charge in [0.25, 0.3) is 0 Å². The zero-order chi connectivity index (χ0) is 10.3. The Morgan fingerprint density at radius 2 is 1.57 bits per heavy atom. The fourth-order valence-corrected chi connectivity index (χ4v) is 2.24. The van der Waals surface area contributed by atoms with Gasteiger partial charge in [-0.25, -0.2) is 0 Å². The molecule has 14 heavy (non-hydrogen) atoms. The van der Waals surface area contributed by atoms with Gasteiger partial charge in [-0.1, -0.05) is 4.40 Å². The maximum Gasteiger partial charge on any atom is 0.144 e. The average Bonchev–Trinajstić information content (AvgIpc) is 2.90. The Labute approximate surface area is 89.5 Å². The summed E-state index contributed by atoms with van der Waals surface area (Å²) in [6, 6.07) is 0. The predicted octanol–water partition coefficient (Wildman–Crippen LogP) is 2.71. The quantitative estimate of drug-likeness (QED) is 0.524. The second-order valence-electron chi connectivity index (χ2n) is 5.43. The molecule has 0 N–H and O–H groups in total. The Morgan fingerprint density at radius 3 is 1.86 bits per heavy atom. The van der Waals surface area contributed by atoms with E-state index in [1.165, 1.54) is 31.4 Å². The summed E-state index contributed by atoms with van der Waals surface area (Å²) in [4.78, 5) is 0. The Balaban J connectivity index is 2.05. The molecule has 0 aromatic carbocycles. The van der Waals surface area contributed by atoms with E-state index < -0.39 is 11.4 Å². The molecule has 2 fully saturated rings. The van der Waals surface area contributed by atoms with E-state index in [-0.39, 0.29) is 4.75 Å². The second-order valence-corrected chi connectivity index (χ2v) is 7.33. The van der Waals surface area contributed by atoms with E-state index in [1.54, 1.807) is 0 Å². The minimum absolute atomic E-state index is 0.199. The zero-order valence-electron chi connectivity index (χ0n) is 9.25. The van der Waals surface area contributed by atoms with Gasteiger partial charge in [0, 0.05) is 11.8 Å². The number of nitrogens with zero attached hydrogens (tertiary/aromatic N) is 1. The van der Waals surface area contributed by atoms with E-state index in [9.17, 15) is 4.55 Å². The molecule has 0 amide bonds. The van der Waals surface area contributed by atoms with Crippen LogP contribution in [-0.4, -0.2) is 15.0 Å². The van der Waals surface area contributed by atoms with Crippen molar-refractivity contribution in [2.24, 2.45) is 16.2 Å². The van der Waals surface area contributed by atoms with Crippen LogP contribution in [0.2, 0.25) is 0 Å². The van der Waals surface area contributed by atoms with Gasteiger partial charge in [0.1, 0.15) is 16.1 Å². The molecule has 0 aliphatic heterocycles. The lowest BCUT2D eigenvalue weighted by atomic mass is 10.2. The standard InChI is InChI=1S/C11H19NOS/c1-11(2,3)14(13)12-10(8-4-5-8)9-6-7-9/h8-9H,4-7H2,1-3H3.